The van der Waals surface area contributed by atoms with E-state index in [2.05, 4.69) is 12.2 Å². The molecule has 0 spiro atoms. The number of benzene rings is 1. The number of para-hydroxylation sites is 1. The third kappa shape index (κ3) is 6.46. The highest BCUT2D eigenvalue weighted by Crippen LogP contribution is 2.19. The summed E-state index contributed by atoms with van der Waals surface area (Å²) in [5.41, 5.74) is 0.858. The van der Waals surface area contributed by atoms with Crippen molar-refractivity contribution < 1.29 is 14.9 Å². The van der Waals surface area contributed by atoms with E-state index in [-0.39, 0.29) is 18.8 Å². The molecule has 0 fully saturated rings. The number of nitrogens with one attached hydrogen (secondary N) is 1. The zero-order chi connectivity index (χ0) is 15.6. The van der Waals surface area contributed by atoms with Crippen LogP contribution < -0.4 is 10.1 Å². The largest absolute Gasteiger partial charge is 0.493 e. The van der Waals surface area contributed by atoms with Gasteiger partial charge in [-0.05, 0) is 50.8 Å². The fourth-order valence-electron chi connectivity index (χ4n) is 2.42. The third-order valence-electron chi connectivity index (χ3n) is 3.69. The van der Waals surface area contributed by atoms with Crippen molar-refractivity contribution in [3.05, 3.63) is 29.8 Å². The van der Waals surface area contributed by atoms with Gasteiger partial charge in [-0.2, -0.15) is 0 Å². The van der Waals surface area contributed by atoms with E-state index < -0.39 is 0 Å². The predicted molar refractivity (Wildman–Crippen MR) is 85.7 cm³/mol. The van der Waals surface area contributed by atoms with Crippen LogP contribution in [-0.2, 0) is 6.42 Å². The van der Waals surface area contributed by atoms with Crippen LogP contribution in [0.2, 0.25) is 0 Å². The Morgan fingerprint density at radius 2 is 1.95 bits per heavy atom. The summed E-state index contributed by atoms with van der Waals surface area (Å²) in [6.07, 6.45) is 3.51. The topological polar surface area (TPSA) is 61.7 Å². The highest BCUT2D eigenvalue weighted by molar-refractivity contribution is 5.33. The molecule has 4 nitrogen and oxygen atoms in total. The lowest BCUT2D eigenvalue weighted by Crippen LogP contribution is -2.45. The van der Waals surface area contributed by atoms with Crippen molar-refractivity contribution in [2.75, 3.05) is 26.4 Å². The molecule has 0 radical (unpaired) electrons. The first kappa shape index (κ1) is 18.0. The number of hydrogen-bond donors (Lipinski definition) is 3. The van der Waals surface area contributed by atoms with Gasteiger partial charge in [-0.1, -0.05) is 25.1 Å². The Kier molecular flexibility index (Phi) is 8.35. The summed E-state index contributed by atoms with van der Waals surface area (Å²) in [5.74, 6) is 0.864. The summed E-state index contributed by atoms with van der Waals surface area (Å²) in [7, 11) is 0. The number of aliphatic hydroxyl groups excluding tert-OH is 2. The molecule has 3 N–H and O–H groups in total. The van der Waals surface area contributed by atoms with Gasteiger partial charge in [-0.15, -0.1) is 0 Å². The van der Waals surface area contributed by atoms with E-state index in [0.29, 0.717) is 13.0 Å². The third-order valence-corrected chi connectivity index (χ3v) is 3.69. The van der Waals surface area contributed by atoms with Crippen molar-refractivity contribution in [1.29, 1.82) is 0 Å². The van der Waals surface area contributed by atoms with Gasteiger partial charge in [0.2, 0.25) is 0 Å². The quantitative estimate of drug-likeness (QED) is 0.547. The van der Waals surface area contributed by atoms with Crippen LogP contribution in [0.25, 0.3) is 0 Å². The molecule has 0 aromatic heterocycles. The molecule has 4 heteroatoms. The number of hydrogen-bond acceptors (Lipinski definition) is 4. The first-order chi connectivity index (χ1) is 10.1. The van der Waals surface area contributed by atoms with Crippen molar-refractivity contribution in [2.45, 2.75) is 45.1 Å². The van der Waals surface area contributed by atoms with Gasteiger partial charge in [0.15, 0.2) is 0 Å². The first-order valence-electron chi connectivity index (χ1n) is 7.82. The highest BCUT2D eigenvalue weighted by atomic mass is 16.5. The van der Waals surface area contributed by atoms with Crippen molar-refractivity contribution >= 4 is 0 Å². The van der Waals surface area contributed by atoms with E-state index in [1.807, 2.05) is 31.2 Å². The molecule has 1 unspecified atom stereocenters. The summed E-state index contributed by atoms with van der Waals surface area (Å²) in [4.78, 5) is 0. The molecule has 1 atom stereocenters. The molecule has 0 saturated carbocycles. The molecule has 1 aromatic carbocycles. The van der Waals surface area contributed by atoms with E-state index >= 15 is 0 Å². The lowest BCUT2D eigenvalue weighted by Gasteiger charge is -2.28. The Labute approximate surface area is 128 Å². The molecular weight excluding hydrogens is 266 g/mol. The van der Waals surface area contributed by atoms with Gasteiger partial charge in [0.1, 0.15) is 5.75 Å². The Bertz CT molecular complexity index is 397. The van der Waals surface area contributed by atoms with Gasteiger partial charge in [-0.3, -0.25) is 0 Å². The maximum Gasteiger partial charge on any atom is 0.122 e. The lowest BCUT2D eigenvalue weighted by atomic mass is 9.96. The highest BCUT2D eigenvalue weighted by Gasteiger charge is 2.20. The van der Waals surface area contributed by atoms with Crippen LogP contribution in [0.1, 0.15) is 38.7 Å². The predicted octanol–water partition coefficient (Wildman–Crippen LogP) is 2.13. The fourth-order valence-corrected chi connectivity index (χ4v) is 2.42. The molecule has 1 rings (SSSR count). The minimum Gasteiger partial charge on any atom is -0.493 e. The molecule has 0 aliphatic carbocycles. The minimum atomic E-state index is -0.191. The summed E-state index contributed by atoms with van der Waals surface area (Å²) < 4.78 is 5.80. The average molecular weight is 295 g/mol. The van der Waals surface area contributed by atoms with Gasteiger partial charge in [0.25, 0.3) is 0 Å². The van der Waals surface area contributed by atoms with Crippen LogP contribution in [0.3, 0.4) is 0 Å². The number of unbranched alkanes of at least 4 members (excludes halogenated alkanes) is 1. The van der Waals surface area contributed by atoms with Gasteiger partial charge in [0.05, 0.1) is 13.2 Å². The molecule has 120 valence electrons. The minimum absolute atomic E-state index is 0.137. The smallest absolute Gasteiger partial charge is 0.122 e. The zero-order valence-electron chi connectivity index (χ0n) is 13.3. The molecule has 1 aromatic rings. The van der Waals surface area contributed by atoms with Crippen LogP contribution in [0.15, 0.2) is 24.3 Å². The van der Waals surface area contributed by atoms with Crippen LogP contribution in [0.4, 0.5) is 0 Å². The van der Waals surface area contributed by atoms with Gasteiger partial charge in [-0.25, -0.2) is 0 Å². The monoisotopic (exact) mass is 295 g/mol. The maximum atomic E-state index is 9.43. The Hall–Kier alpha value is -1.10. The lowest BCUT2D eigenvalue weighted by molar-refractivity contribution is 0.162. The summed E-state index contributed by atoms with van der Waals surface area (Å²) in [6.45, 7) is 5.92. The molecule has 0 aliphatic heterocycles. The normalized spacial score (nSPS) is 13.9. The summed E-state index contributed by atoms with van der Waals surface area (Å²) in [6, 6.07) is 7.84. The number of rotatable bonds is 11. The molecule has 21 heavy (non-hydrogen) atoms. The second-order valence-electron chi connectivity index (χ2n) is 5.64. The van der Waals surface area contributed by atoms with Crippen molar-refractivity contribution in [2.24, 2.45) is 0 Å². The Morgan fingerprint density at radius 3 is 2.62 bits per heavy atom. The molecule has 0 aliphatic rings. The van der Waals surface area contributed by atoms with Gasteiger partial charge >= 0.3 is 0 Å². The summed E-state index contributed by atoms with van der Waals surface area (Å²) in [5, 5.41) is 21.8. The van der Waals surface area contributed by atoms with Crippen molar-refractivity contribution in [3.63, 3.8) is 0 Å². The second kappa shape index (κ2) is 9.77. The molecule has 0 bridgehead atoms. The first-order valence-corrected chi connectivity index (χ1v) is 7.82. The Balaban J connectivity index is 2.31. The van der Waals surface area contributed by atoms with E-state index in [4.69, 9.17) is 9.84 Å². The summed E-state index contributed by atoms with van der Waals surface area (Å²) >= 11 is 0. The maximum absolute atomic E-state index is 9.43. The van der Waals surface area contributed by atoms with Crippen LogP contribution in [0, 0.1) is 0 Å². The van der Waals surface area contributed by atoms with Crippen LogP contribution in [0.5, 0.6) is 5.75 Å². The van der Waals surface area contributed by atoms with E-state index in [9.17, 15) is 5.11 Å². The fraction of sp³-hybridized carbons (Fsp3) is 0.647. The zero-order valence-corrected chi connectivity index (χ0v) is 13.3. The average Bonchev–Trinajstić information content (AvgIpc) is 2.49. The van der Waals surface area contributed by atoms with Crippen molar-refractivity contribution in [1.82, 2.24) is 5.32 Å². The SMILES string of the molecule is CCNC(C)(CO)CCCCOc1ccccc1CCO. The van der Waals surface area contributed by atoms with Gasteiger partial charge < -0.3 is 20.3 Å². The number of likely N-dealkylation sites (N-methyl/N-ethyl adjacent to an activating group) is 1. The molecule has 0 saturated heterocycles. The number of ether oxygens (including phenoxy) is 1. The standard InChI is InChI=1S/C17H29NO3/c1-3-18-17(2,14-20)11-6-7-13-21-16-9-5-4-8-15(16)10-12-19/h4-5,8-9,18-20H,3,6-7,10-14H2,1-2H3. The van der Waals surface area contributed by atoms with Crippen LogP contribution in [-0.4, -0.2) is 42.1 Å². The second-order valence-corrected chi connectivity index (χ2v) is 5.64. The molecule has 0 amide bonds. The molecule has 0 heterocycles. The van der Waals surface area contributed by atoms with Gasteiger partial charge in [0, 0.05) is 12.1 Å². The number of aliphatic hydroxyl groups is 2. The van der Waals surface area contributed by atoms with Crippen molar-refractivity contribution in [3.8, 4) is 5.75 Å². The van der Waals surface area contributed by atoms with E-state index in [1.54, 1.807) is 0 Å². The Morgan fingerprint density at radius 1 is 1.19 bits per heavy atom. The van der Waals surface area contributed by atoms with E-state index in [1.165, 1.54) is 0 Å². The molecular formula is C17H29NO3. The van der Waals surface area contributed by atoms with Crippen LogP contribution >= 0.6 is 0 Å². The van der Waals surface area contributed by atoms with E-state index in [0.717, 1.165) is 37.1 Å².